The number of aliphatic hydroxyl groups excluding tert-OH is 10. The van der Waals surface area contributed by atoms with Gasteiger partial charge in [0.15, 0.2) is 30.3 Å². The number of carbonyl (C=O) groups excluding carboxylic acids is 8. The summed E-state index contributed by atoms with van der Waals surface area (Å²) in [6, 6.07) is -1.18. The van der Waals surface area contributed by atoms with E-state index in [9.17, 15) is 108 Å². The van der Waals surface area contributed by atoms with Crippen molar-refractivity contribution in [3.63, 3.8) is 0 Å². The number of ketones is 5. The number of nitrogens with two attached hydrogens (primary N) is 1. The lowest BCUT2D eigenvalue weighted by atomic mass is 9.92. The van der Waals surface area contributed by atoms with E-state index in [0.717, 1.165) is 4.90 Å². The van der Waals surface area contributed by atoms with Crippen molar-refractivity contribution in [3.05, 3.63) is 12.7 Å². The van der Waals surface area contributed by atoms with E-state index < -0.39 is 226 Å². The molecule has 0 aromatic carbocycles. The number of aromatic nitrogens is 4. The number of hydrogen-bond donors (Lipinski definition) is 13. The first-order chi connectivity index (χ1) is 61.5. The zero-order valence-corrected chi connectivity index (χ0v) is 76.6. The molecule has 5 fully saturated rings. The average molecular weight is 1880 g/mol. The lowest BCUT2D eigenvalue weighted by molar-refractivity contribution is -0.282. The molecule has 5 saturated heterocycles. The quantitative estimate of drug-likeness (QED) is 0.0247. The number of β-amino-alcohol motifs (C(OH)–C–C–N with tert-alkyl or cyclic N) is 1. The SMILES string of the molecule is CC(C)P(=O)([O-])OC[C@H]1O[C@@H](n2cnc3c(N)ncnc32)C[C@@H]1OP(=O)([O-])OC[C@@H]1C[C@@H](O)CN1C(=O)CC(=O)NC(COCCC(=O)CCCCCC(=O)CCCCO[C@@H]1OC(CO)[C@H](O)C(O)[C@@H]1C)(COCCC(=O)CCCCCC(=O)CCCCO[C@@H]1OC(CO)[C@H](O)C(O)[C@@H]1C)COCCC(=O)NCCCCC(=O)CCCCO[C@@H]1OC(CO)[C@H](O)C(O)[C@@H]1C. The van der Waals surface area contributed by atoms with Gasteiger partial charge in [0.25, 0.3) is 7.82 Å². The number of carbonyl (C=O) groups is 8. The average Bonchev–Trinajstić information content (AvgIpc) is 1.62. The molecule has 45 heteroatoms. The largest absolute Gasteiger partial charge is 0.778 e. The summed E-state index contributed by atoms with van der Waals surface area (Å²) in [6.07, 6.45) is -8.12. The van der Waals surface area contributed by atoms with Crippen molar-refractivity contribution in [2.24, 2.45) is 17.8 Å². The van der Waals surface area contributed by atoms with E-state index in [0.29, 0.717) is 89.9 Å². The number of likely N-dealkylation sites (tertiary alicyclic amines) is 1. The highest BCUT2D eigenvalue weighted by molar-refractivity contribution is 7.52. The second kappa shape index (κ2) is 56.8. The molecule has 0 bridgehead atoms. The Kier molecular flexibility index (Phi) is 48.7. The number of imidazole rings is 1. The number of Topliss-reactive ketones (excluding diaryl/α,β-unsaturated/α-hetero) is 5. The van der Waals surface area contributed by atoms with Crippen molar-refractivity contribution in [2.75, 3.05) is 111 Å². The van der Waals surface area contributed by atoms with E-state index >= 15 is 0 Å². The summed E-state index contributed by atoms with van der Waals surface area (Å²) in [5.74, 6) is -4.25. The van der Waals surface area contributed by atoms with Crippen LogP contribution in [0.5, 0.6) is 0 Å². The normalized spacial score (nSPS) is 28.1. The minimum absolute atomic E-state index is 0.00119. The maximum atomic E-state index is 14.6. The molecule has 43 nitrogen and oxygen atoms in total. The van der Waals surface area contributed by atoms with Crippen LogP contribution in [-0.2, 0) is 108 Å². The van der Waals surface area contributed by atoms with E-state index in [-0.39, 0.29) is 182 Å². The van der Waals surface area contributed by atoms with Gasteiger partial charge in [-0.15, -0.1) is 0 Å². The van der Waals surface area contributed by atoms with E-state index in [1.807, 2.05) is 0 Å². The van der Waals surface area contributed by atoms with Gasteiger partial charge in [0.05, 0.1) is 116 Å². The molecule has 0 aliphatic carbocycles. The van der Waals surface area contributed by atoms with Crippen molar-refractivity contribution in [2.45, 2.75) is 330 Å². The van der Waals surface area contributed by atoms with Crippen molar-refractivity contribution in [1.82, 2.24) is 35.1 Å². The van der Waals surface area contributed by atoms with E-state index in [4.69, 9.17) is 66.7 Å². The summed E-state index contributed by atoms with van der Waals surface area (Å²) < 4.78 is 103. The predicted octanol–water partition coefficient (Wildman–Crippen LogP) is 0.791. The van der Waals surface area contributed by atoms with Gasteiger partial charge in [-0.2, -0.15) is 0 Å². The van der Waals surface area contributed by atoms with E-state index in [1.54, 1.807) is 20.8 Å². The van der Waals surface area contributed by atoms with Crippen molar-refractivity contribution in [1.29, 1.82) is 0 Å². The van der Waals surface area contributed by atoms with Crippen LogP contribution in [-0.4, -0.2) is 337 Å². The summed E-state index contributed by atoms with van der Waals surface area (Å²) in [5.41, 5.74) is 3.71. The molecule has 7 heterocycles. The molecule has 7 rings (SSSR count). The minimum atomic E-state index is -5.44. The molecule has 2 aromatic heterocycles. The van der Waals surface area contributed by atoms with Crippen LogP contribution in [0.3, 0.4) is 0 Å². The molecule has 8 unspecified atom stereocenters. The van der Waals surface area contributed by atoms with Crippen molar-refractivity contribution >= 4 is 79.0 Å². The molecule has 0 spiro atoms. The number of nitrogen functional groups attached to an aromatic ring is 1. The first-order valence-corrected chi connectivity index (χ1v) is 48.3. The summed E-state index contributed by atoms with van der Waals surface area (Å²) in [5, 5.41) is 107. The fourth-order valence-electron chi connectivity index (χ4n) is 15.6. The molecule has 22 atom stereocenters. The maximum Gasteiger partial charge on any atom is 0.268 e. The van der Waals surface area contributed by atoms with Gasteiger partial charge in [0.1, 0.15) is 109 Å². The van der Waals surface area contributed by atoms with Crippen LogP contribution >= 0.6 is 15.4 Å². The van der Waals surface area contributed by atoms with Crippen LogP contribution < -0.4 is 26.2 Å². The van der Waals surface area contributed by atoms with E-state index in [1.165, 1.54) is 31.1 Å². The van der Waals surface area contributed by atoms with Crippen LogP contribution in [0.4, 0.5) is 5.82 Å². The first kappa shape index (κ1) is 111. The van der Waals surface area contributed by atoms with Crippen LogP contribution in [0, 0.1) is 17.8 Å². The smallest absolute Gasteiger partial charge is 0.268 e. The van der Waals surface area contributed by atoms with Gasteiger partial charge in [-0.3, -0.25) is 47.5 Å². The third kappa shape index (κ3) is 37.0. The lowest BCUT2D eigenvalue weighted by Gasteiger charge is -2.40. The summed E-state index contributed by atoms with van der Waals surface area (Å²) in [6.45, 7) is 3.27. The van der Waals surface area contributed by atoms with Gasteiger partial charge in [0, 0.05) is 133 Å². The number of phosphoric acid groups is 1. The summed E-state index contributed by atoms with van der Waals surface area (Å²) >= 11 is 0. The Bertz CT molecular complexity index is 3620. The molecule has 129 heavy (non-hydrogen) atoms. The predicted molar refractivity (Wildman–Crippen MR) is 452 cm³/mol. The Morgan fingerprint density at radius 3 is 1.39 bits per heavy atom. The zero-order valence-electron chi connectivity index (χ0n) is 74.8. The molecule has 14 N–H and O–H groups in total. The number of ether oxygens (including phenoxy) is 10. The topological polar surface area (TPSA) is 636 Å². The van der Waals surface area contributed by atoms with Crippen LogP contribution in [0.25, 0.3) is 11.2 Å². The number of nitrogens with one attached hydrogen (secondary N) is 2. The Labute approximate surface area is 752 Å². The number of fused-ring (bicyclic) bond motifs is 1. The van der Waals surface area contributed by atoms with Crippen LogP contribution in [0.15, 0.2) is 12.7 Å². The van der Waals surface area contributed by atoms with Gasteiger partial charge < -0.3 is 148 Å². The highest BCUT2D eigenvalue weighted by Gasteiger charge is 2.47. The van der Waals surface area contributed by atoms with Gasteiger partial charge in [-0.05, 0) is 83.5 Å². The van der Waals surface area contributed by atoms with Crippen LogP contribution in [0.1, 0.15) is 221 Å². The number of rotatable bonds is 66. The number of phosphoric ester groups is 1. The second-order valence-corrected chi connectivity index (χ2v) is 38.3. The number of amides is 3. The number of unbranched alkanes of at least 4 members (excludes halogenated alkanes) is 8. The van der Waals surface area contributed by atoms with E-state index in [2.05, 4.69) is 25.6 Å². The van der Waals surface area contributed by atoms with Crippen LogP contribution in [0.2, 0.25) is 0 Å². The maximum absolute atomic E-state index is 14.6. The summed E-state index contributed by atoms with van der Waals surface area (Å²) in [7, 11) is -9.94. The van der Waals surface area contributed by atoms with Gasteiger partial charge >= 0.3 is 0 Å². The Morgan fingerprint density at radius 2 is 0.946 bits per heavy atom. The highest BCUT2D eigenvalue weighted by atomic mass is 31.2. The van der Waals surface area contributed by atoms with Gasteiger partial charge in [0.2, 0.25) is 17.7 Å². The number of aliphatic hydroxyl groups is 10. The number of hydrogen-bond acceptors (Lipinski definition) is 39. The molecule has 2 aromatic rings. The monoisotopic (exact) mass is 1880 g/mol. The number of anilines is 1. The fourth-order valence-corrected chi connectivity index (χ4v) is 17.2. The third-order valence-corrected chi connectivity index (χ3v) is 26.5. The molecular weight excluding hydrogens is 1740 g/mol. The molecule has 0 saturated carbocycles. The third-order valence-electron chi connectivity index (χ3n) is 23.7. The second-order valence-electron chi connectivity index (χ2n) is 34.6. The lowest BCUT2D eigenvalue weighted by Crippen LogP contribution is -2.59. The van der Waals surface area contributed by atoms with Crippen molar-refractivity contribution in [3.8, 4) is 0 Å². The minimum Gasteiger partial charge on any atom is -0.778 e. The van der Waals surface area contributed by atoms with Gasteiger partial charge in [-0.25, -0.2) is 15.0 Å². The molecule has 5 aliphatic heterocycles. The summed E-state index contributed by atoms with van der Waals surface area (Å²) in [4.78, 5) is 148. The Hall–Kier alpha value is -5.43. The first-order valence-electron chi connectivity index (χ1n) is 45.3. The highest BCUT2D eigenvalue weighted by Crippen LogP contribution is 2.49. The molecule has 5 aliphatic rings. The molecule has 3 amide bonds. The number of nitrogens with zero attached hydrogens (tertiary/aromatic N) is 5. The molecule has 0 radical (unpaired) electrons. The zero-order chi connectivity index (χ0) is 94.4. The Balaban J connectivity index is 0.953. The van der Waals surface area contributed by atoms with Gasteiger partial charge in [-0.1, -0.05) is 47.5 Å². The molecular formula is C84H140N8O35P2-2. The molecule has 738 valence electrons. The fraction of sp³-hybridized carbons (Fsp3) is 0.845. The van der Waals surface area contributed by atoms with Crippen molar-refractivity contribution < 1.29 is 169 Å². The Morgan fingerprint density at radius 1 is 0.519 bits per heavy atom. The standard InChI is InChI=1S/C84H142N8O35P2/c1-52(2)128(111,112)121-46-67-63(39-71(123-67)92-51-89-72-79(85)87-50-88-80(72)92)127-129(113,114)122-45-56-38-62(101)41-91(56)70(104)40-69(103)90-84(47-115-35-28-60(99)22-10-6-8-20-57(96)25-13-17-32-118-81-53(3)73(105)76(108)64(42-93)124-81,48-116-36-29-61(100)23-11-7-9-21-58(97)26-14-18-33-119-82-54(4)74(106)77(109)65(43-94)125-82)49-117-37-30-68(102)86-31-16-12-24-59(98)27-15-19-34-120-83-55(5)75(107)78(110)66(44-95)126-83/h50-56,62-67,71,73-78,81-83,93-95,101,105-110H,6-49H2,1-5H3,(H,86,102)(H,90,103)(H,111,112)(H,113,114)(H2,85,87,88)/p-2/t53-,54-,55-,56-,62+,63-,64?,65?,66?,67+,71+,73?,74?,75?,76-,77-,78-,81+,82+,83+,84?/m0/s1.